The molecule has 0 heterocycles. The van der Waals surface area contributed by atoms with Gasteiger partial charge in [-0.2, -0.15) is 0 Å². The molecular formula is C6H14N4O. The minimum absolute atomic E-state index is 0.00602. The number of rotatable bonds is 4. The summed E-state index contributed by atoms with van der Waals surface area (Å²) in [5.74, 6) is 0.0315. The summed E-state index contributed by atoms with van der Waals surface area (Å²) in [7, 11) is 1.69. The first-order valence-electron chi connectivity index (χ1n) is 3.31. The zero-order valence-corrected chi connectivity index (χ0v) is 6.79. The number of hydrogen-bond acceptors (Lipinski definition) is 3. The first kappa shape index (κ1) is 9.90. The molecule has 0 aromatic heterocycles. The average Bonchev–Trinajstić information content (AvgIpc) is 1.87. The summed E-state index contributed by atoms with van der Waals surface area (Å²) in [4.78, 5) is 14.5. The third kappa shape index (κ3) is 4.32. The van der Waals surface area contributed by atoms with E-state index in [9.17, 15) is 4.79 Å². The van der Waals surface area contributed by atoms with Gasteiger partial charge in [0.15, 0.2) is 5.96 Å². The number of hydrogen-bond donors (Lipinski definition) is 3. The van der Waals surface area contributed by atoms with E-state index in [1.165, 1.54) is 6.92 Å². The smallest absolute Gasteiger partial charge is 0.185 e. The molecule has 0 aliphatic rings. The van der Waals surface area contributed by atoms with Crippen molar-refractivity contribution in [3.8, 4) is 0 Å². The van der Waals surface area contributed by atoms with Crippen LogP contribution in [0.5, 0.6) is 0 Å². The van der Waals surface area contributed by atoms with Crippen molar-refractivity contribution in [1.82, 2.24) is 5.32 Å². The summed E-state index contributed by atoms with van der Waals surface area (Å²) in [6.07, 6.45) is 0. The molecule has 0 unspecified atom stereocenters. The first-order valence-corrected chi connectivity index (χ1v) is 3.31. The molecule has 0 bridgehead atoms. The molecular weight excluding hydrogens is 144 g/mol. The lowest BCUT2D eigenvalue weighted by molar-refractivity contribution is -0.118. The Bertz CT molecular complexity index is 162. The topological polar surface area (TPSA) is 93.5 Å². The Hall–Kier alpha value is -1.10. The minimum Gasteiger partial charge on any atom is -0.370 e. The minimum atomic E-state index is -0.280. The molecule has 0 rings (SSSR count). The van der Waals surface area contributed by atoms with Crippen LogP contribution in [0.1, 0.15) is 6.92 Å². The normalized spacial score (nSPS) is 12.2. The van der Waals surface area contributed by atoms with Gasteiger partial charge in [0.2, 0.25) is 0 Å². The van der Waals surface area contributed by atoms with Crippen molar-refractivity contribution in [2.45, 2.75) is 13.0 Å². The quantitative estimate of drug-likeness (QED) is 0.340. The molecule has 0 saturated heterocycles. The highest BCUT2D eigenvalue weighted by molar-refractivity contribution is 5.82. The SMILES string of the molecule is CN[C@@H](CN=C(N)N)C(C)=O. The second-order valence-electron chi connectivity index (χ2n) is 2.22. The summed E-state index contributed by atoms with van der Waals surface area (Å²) in [5.41, 5.74) is 10.2. The predicted octanol–water partition coefficient (Wildman–Crippen LogP) is -1.56. The molecule has 0 radical (unpaired) electrons. The van der Waals surface area contributed by atoms with E-state index in [-0.39, 0.29) is 17.8 Å². The number of nitrogens with zero attached hydrogens (tertiary/aromatic N) is 1. The molecule has 11 heavy (non-hydrogen) atoms. The van der Waals surface area contributed by atoms with Gasteiger partial charge in [0.05, 0.1) is 12.6 Å². The second kappa shape index (κ2) is 4.68. The number of guanidine groups is 1. The number of nitrogens with two attached hydrogens (primary N) is 2. The molecule has 0 saturated carbocycles. The predicted molar refractivity (Wildman–Crippen MR) is 44.2 cm³/mol. The van der Waals surface area contributed by atoms with Crippen LogP contribution < -0.4 is 16.8 Å². The van der Waals surface area contributed by atoms with Crippen LogP contribution in [-0.2, 0) is 4.79 Å². The maximum atomic E-state index is 10.8. The fraction of sp³-hybridized carbons (Fsp3) is 0.667. The van der Waals surface area contributed by atoms with E-state index in [1.54, 1.807) is 7.05 Å². The highest BCUT2D eigenvalue weighted by atomic mass is 16.1. The molecule has 0 aromatic carbocycles. The summed E-state index contributed by atoms with van der Waals surface area (Å²) in [6, 6.07) is -0.280. The number of carbonyl (C=O) groups is 1. The summed E-state index contributed by atoms with van der Waals surface area (Å²) < 4.78 is 0. The van der Waals surface area contributed by atoms with E-state index in [0.717, 1.165) is 0 Å². The Labute approximate surface area is 65.9 Å². The van der Waals surface area contributed by atoms with E-state index in [0.29, 0.717) is 6.54 Å². The Morgan fingerprint density at radius 2 is 2.18 bits per heavy atom. The summed E-state index contributed by atoms with van der Waals surface area (Å²) >= 11 is 0. The zero-order valence-electron chi connectivity index (χ0n) is 6.79. The fourth-order valence-electron chi connectivity index (χ4n) is 0.620. The lowest BCUT2D eigenvalue weighted by Crippen LogP contribution is -2.36. The van der Waals surface area contributed by atoms with Gasteiger partial charge in [-0.05, 0) is 14.0 Å². The largest absolute Gasteiger partial charge is 0.370 e. The zero-order chi connectivity index (χ0) is 8.85. The van der Waals surface area contributed by atoms with Crippen molar-refractivity contribution in [3.05, 3.63) is 0 Å². The van der Waals surface area contributed by atoms with Crippen molar-refractivity contribution in [2.24, 2.45) is 16.5 Å². The van der Waals surface area contributed by atoms with E-state index < -0.39 is 0 Å². The van der Waals surface area contributed by atoms with E-state index in [2.05, 4.69) is 10.3 Å². The third-order valence-electron chi connectivity index (χ3n) is 1.30. The molecule has 0 amide bonds. The van der Waals surface area contributed by atoms with Gasteiger partial charge < -0.3 is 16.8 Å². The van der Waals surface area contributed by atoms with Crippen LogP contribution in [-0.4, -0.2) is 31.4 Å². The van der Waals surface area contributed by atoms with Gasteiger partial charge in [0.25, 0.3) is 0 Å². The molecule has 5 heteroatoms. The van der Waals surface area contributed by atoms with Crippen molar-refractivity contribution in [2.75, 3.05) is 13.6 Å². The van der Waals surface area contributed by atoms with Crippen LogP contribution in [0.3, 0.4) is 0 Å². The van der Waals surface area contributed by atoms with Gasteiger partial charge in [-0.25, -0.2) is 0 Å². The number of Topliss-reactive ketones (excluding diaryl/α,β-unsaturated/α-hetero) is 1. The number of nitrogens with one attached hydrogen (secondary N) is 1. The molecule has 0 aromatic rings. The molecule has 1 atom stereocenters. The fourth-order valence-corrected chi connectivity index (χ4v) is 0.620. The molecule has 0 aliphatic carbocycles. The van der Waals surface area contributed by atoms with Gasteiger partial charge in [-0.15, -0.1) is 0 Å². The molecule has 64 valence electrons. The van der Waals surface area contributed by atoms with Crippen LogP contribution >= 0.6 is 0 Å². The van der Waals surface area contributed by atoms with Gasteiger partial charge in [0.1, 0.15) is 5.78 Å². The lowest BCUT2D eigenvalue weighted by atomic mass is 10.2. The summed E-state index contributed by atoms with van der Waals surface area (Å²) in [6.45, 7) is 1.79. The average molecular weight is 158 g/mol. The number of aliphatic imine (C=N–C) groups is 1. The standard InChI is InChI=1S/C6H14N4O/c1-4(11)5(9-2)3-10-6(7)8/h5,9H,3H2,1-2H3,(H4,7,8,10)/t5-/m0/s1. The molecule has 5 N–H and O–H groups in total. The molecule has 0 spiro atoms. The molecule has 5 nitrogen and oxygen atoms in total. The van der Waals surface area contributed by atoms with E-state index in [4.69, 9.17) is 11.5 Å². The van der Waals surface area contributed by atoms with Crippen molar-refractivity contribution < 1.29 is 4.79 Å². The second-order valence-corrected chi connectivity index (χ2v) is 2.22. The Kier molecular flexibility index (Phi) is 4.21. The maximum absolute atomic E-state index is 10.8. The lowest BCUT2D eigenvalue weighted by Gasteiger charge is -2.08. The highest BCUT2D eigenvalue weighted by Crippen LogP contribution is 1.85. The van der Waals surface area contributed by atoms with E-state index >= 15 is 0 Å². The Morgan fingerprint density at radius 1 is 1.64 bits per heavy atom. The van der Waals surface area contributed by atoms with Crippen LogP contribution in [0.15, 0.2) is 4.99 Å². The van der Waals surface area contributed by atoms with Crippen LogP contribution in [0, 0.1) is 0 Å². The highest BCUT2D eigenvalue weighted by Gasteiger charge is 2.09. The number of ketones is 1. The summed E-state index contributed by atoms with van der Waals surface area (Å²) in [5, 5.41) is 2.79. The molecule has 0 fully saturated rings. The van der Waals surface area contributed by atoms with Gasteiger partial charge in [-0.3, -0.25) is 9.79 Å². The van der Waals surface area contributed by atoms with Crippen LogP contribution in [0.4, 0.5) is 0 Å². The number of likely N-dealkylation sites (N-methyl/N-ethyl adjacent to an activating group) is 1. The molecule has 0 aliphatic heterocycles. The van der Waals surface area contributed by atoms with Gasteiger partial charge in [0, 0.05) is 0 Å². The van der Waals surface area contributed by atoms with E-state index in [1.807, 2.05) is 0 Å². The first-order chi connectivity index (χ1) is 5.07. The van der Waals surface area contributed by atoms with Crippen LogP contribution in [0.2, 0.25) is 0 Å². The Morgan fingerprint density at radius 3 is 2.45 bits per heavy atom. The van der Waals surface area contributed by atoms with Crippen molar-refractivity contribution in [3.63, 3.8) is 0 Å². The maximum Gasteiger partial charge on any atom is 0.185 e. The third-order valence-corrected chi connectivity index (χ3v) is 1.30. The monoisotopic (exact) mass is 158 g/mol. The Balaban J connectivity index is 3.89. The van der Waals surface area contributed by atoms with Gasteiger partial charge in [-0.1, -0.05) is 0 Å². The van der Waals surface area contributed by atoms with Crippen LogP contribution in [0.25, 0.3) is 0 Å². The van der Waals surface area contributed by atoms with Crippen molar-refractivity contribution in [1.29, 1.82) is 0 Å². The van der Waals surface area contributed by atoms with Gasteiger partial charge >= 0.3 is 0 Å². The number of carbonyl (C=O) groups excluding carboxylic acids is 1. The van der Waals surface area contributed by atoms with Crippen molar-refractivity contribution >= 4 is 11.7 Å².